The summed E-state index contributed by atoms with van der Waals surface area (Å²) in [6.45, 7) is 0.584. The van der Waals surface area contributed by atoms with Crippen molar-refractivity contribution in [1.29, 1.82) is 0 Å². The van der Waals surface area contributed by atoms with E-state index in [0.717, 1.165) is 24.0 Å². The Balaban J connectivity index is 1.32. The van der Waals surface area contributed by atoms with E-state index >= 15 is 0 Å². The second kappa shape index (κ2) is 17.6. The van der Waals surface area contributed by atoms with Gasteiger partial charge in [0.05, 0.1) is 18.9 Å². The molecule has 0 aliphatic heterocycles. The maximum Gasteiger partial charge on any atom is 0.305 e. The second-order valence-corrected chi connectivity index (χ2v) is 12.5. The minimum Gasteiger partial charge on any atom is -0.466 e. The molecule has 0 bridgehead atoms. The first-order valence-electron chi connectivity index (χ1n) is 14.5. The number of carbonyl (C=O) groups is 3. The van der Waals surface area contributed by atoms with Gasteiger partial charge in [0, 0.05) is 48.1 Å². The molecule has 1 aromatic heterocycles. The van der Waals surface area contributed by atoms with E-state index < -0.39 is 21.8 Å². The minimum absolute atomic E-state index is 0.0166. The molecule has 13 heteroatoms. The largest absolute Gasteiger partial charge is 0.466 e. The highest BCUT2D eigenvalue weighted by Crippen LogP contribution is 2.14. The van der Waals surface area contributed by atoms with E-state index in [1.54, 1.807) is 36.4 Å². The van der Waals surface area contributed by atoms with Crippen LogP contribution in [0.1, 0.15) is 66.4 Å². The van der Waals surface area contributed by atoms with Gasteiger partial charge in [-0.15, -0.1) is 0 Å². The molecule has 44 heavy (non-hydrogen) atoms. The summed E-state index contributed by atoms with van der Waals surface area (Å²) in [5, 5.41) is 6.46. The number of esters is 1. The van der Waals surface area contributed by atoms with Gasteiger partial charge in [0.1, 0.15) is 11.3 Å². The minimum atomic E-state index is -4.03. The number of aromatic amines is 1. The fraction of sp³-hybridized carbons (Fsp3) is 0.419. The monoisotopic (exact) mass is 647 g/mol. The van der Waals surface area contributed by atoms with Crippen LogP contribution in [0.3, 0.4) is 0 Å². The zero-order valence-corrected chi connectivity index (χ0v) is 26.0. The summed E-state index contributed by atoms with van der Waals surface area (Å²) < 4.78 is 35.2. The predicted octanol–water partition coefficient (Wildman–Crippen LogP) is 3.97. The van der Waals surface area contributed by atoms with Crippen molar-refractivity contribution in [2.24, 2.45) is 0 Å². The number of benzene rings is 2. The van der Waals surface area contributed by atoms with E-state index in [0.29, 0.717) is 54.5 Å². The van der Waals surface area contributed by atoms with E-state index in [1.165, 1.54) is 6.20 Å². The lowest BCUT2D eigenvalue weighted by molar-refractivity contribution is -0.143. The van der Waals surface area contributed by atoms with Crippen LogP contribution in [0.25, 0.3) is 10.9 Å². The maximum absolute atomic E-state index is 13.1. The standard InChI is InChI=1S/C31H38ClN3O8S/c32-24-12-9-23(10-13-24)19-35-31(39)27-21-34-28-14-11-22(18-26(28)30(27)38)6-5-16-43-29(37)8-4-2-1-3-7-25(36)20-33-15-17-44(40,41)42/h9-14,18,21,33H,1-8,15-17,19-20H2,(H,34,38)(H,35,39)(H,40,41,42). The molecular formula is C31H38ClN3O8S. The van der Waals surface area contributed by atoms with Crippen molar-refractivity contribution in [2.75, 3.05) is 25.4 Å². The topological polar surface area (TPSA) is 172 Å². The van der Waals surface area contributed by atoms with Crippen LogP contribution in [0.2, 0.25) is 5.02 Å². The number of H-pyrrole nitrogens is 1. The Kier molecular flexibility index (Phi) is 14.0. The molecule has 0 saturated carbocycles. The number of ether oxygens (including phenoxy) is 1. The number of ketones is 1. The van der Waals surface area contributed by atoms with Crippen LogP contribution < -0.4 is 16.1 Å². The summed E-state index contributed by atoms with van der Waals surface area (Å²) in [6.07, 6.45) is 6.15. The molecule has 0 atom stereocenters. The van der Waals surface area contributed by atoms with Crippen LogP contribution in [0.4, 0.5) is 0 Å². The molecular weight excluding hydrogens is 610 g/mol. The molecule has 3 rings (SSSR count). The number of unbranched alkanes of at least 4 members (excludes halogenated alkanes) is 3. The molecule has 1 heterocycles. The van der Waals surface area contributed by atoms with Gasteiger partial charge in [-0.3, -0.25) is 23.7 Å². The normalized spacial score (nSPS) is 11.4. The molecule has 2 aromatic carbocycles. The highest BCUT2D eigenvalue weighted by atomic mass is 35.5. The van der Waals surface area contributed by atoms with Gasteiger partial charge in [0.2, 0.25) is 5.43 Å². The predicted molar refractivity (Wildman–Crippen MR) is 168 cm³/mol. The maximum atomic E-state index is 13.1. The SMILES string of the molecule is O=C(CCCCCCC(=O)OCCCc1ccc2[nH]cc(C(=O)NCc3ccc(Cl)cc3)c(=O)c2c1)CNCCS(=O)(=O)O. The van der Waals surface area contributed by atoms with E-state index in [9.17, 15) is 27.6 Å². The fourth-order valence-electron chi connectivity index (χ4n) is 4.47. The van der Waals surface area contributed by atoms with Gasteiger partial charge in [-0.05, 0) is 61.1 Å². The molecule has 0 aliphatic carbocycles. The molecule has 0 aliphatic rings. The lowest BCUT2D eigenvalue weighted by atomic mass is 10.0. The highest BCUT2D eigenvalue weighted by molar-refractivity contribution is 7.85. The van der Waals surface area contributed by atoms with Crippen molar-refractivity contribution < 1.29 is 32.1 Å². The molecule has 0 unspecified atom stereocenters. The number of fused-ring (bicyclic) bond motifs is 1. The third-order valence-electron chi connectivity index (χ3n) is 6.87. The van der Waals surface area contributed by atoms with Crippen LogP contribution in [0.5, 0.6) is 0 Å². The summed E-state index contributed by atoms with van der Waals surface area (Å²) in [7, 11) is -4.03. The summed E-state index contributed by atoms with van der Waals surface area (Å²) >= 11 is 5.89. The fourth-order valence-corrected chi connectivity index (χ4v) is 4.99. The highest BCUT2D eigenvalue weighted by Gasteiger charge is 2.14. The Bertz CT molecular complexity index is 1590. The van der Waals surface area contributed by atoms with E-state index in [1.807, 2.05) is 6.07 Å². The number of aryl methyl sites for hydroxylation is 1. The Hall–Kier alpha value is -3.58. The van der Waals surface area contributed by atoms with Gasteiger partial charge in [0.15, 0.2) is 0 Å². The smallest absolute Gasteiger partial charge is 0.305 e. The number of hydrogen-bond donors (Lipinski definition) is 4. The van der Waals surface area contributed by atoms with Crippen molar-refractivity contribution >= 4 is 50.3 Å². The third-order valence-corrected chi connectivity index (χ3v) is 7.85. The third kappa shape index (κ3) is 12.6. The lowest BCUT2D eigenvalue weighted by Gasteiger charge is -2.08. The van der Waals surface area contributed by atoms with Crippen molar-refractivity contribution in [2.45, 2.75) is 57.9 Å². The van der Waals surface area contributed by atoms with Crippen molar-refractivity contribution in [3.05, 3.63) is 80.6 Å². The number of hydrogen-bond acceptors (Lipinski definition) is 8. The molecule has 0 spiro atoms. The summed E-state index contributed by atoms with van der Waals surface area (Å²) in [5.74, 6) is -1.23. The van der Waals surface area contributed by atoms with Crippen LogP contribution in [0.15, 0.2) is 53.5 Å². The molecule has 3 aromatic rings. The van der Waals surface area contributed by atoms with Crippen LogP contribution in [-0.2, 0) is 37.4 Å². The number of Topliss-reactive ketones (excluding diaryl/α,β-unsaturated/α-hetero) is 1. The van der Waals surface area contributed by atoms with Crippen molar-refractivity contribution in [3.8, 4) is 0 Å². The summed E-state index contributed by atoms with van der Waals surface area (Å²) in [5.41, 5.74) is 2.03. The van der Waals surface area contributed by atoms with Gasteiger partial charge in [-0.1, -0.05) is 42.6 Å². The molecule has 1 amide bonds. The average Bonchev–Trinajstić information content (AvgIpc) is 2.98. The van der Waals surface area contributed by atoms with Crippen molar-refractivity contribution in [1.82, 2.24) is 15.6 Å². The number of rotatable bonds is 19. The number of aromatic nitrogens is 1. The van der Waals surface area contributed by atoms with E-state index in [2.05, 4.69) is 15.6 Å². The van der Waals surface area contributed by atoms with Crippen LogP contribution in [-0.4, -0.2) is 61.1 Å². The Labute approximate surface area is 261 Å². The molecule has 0 fully saturated rings. The lowest BCUT2D eigenvalue weighted by Crippen LogP contribution is -2.28. The molecule has 4 N–H and O–H groups in total. The number of pyridine rings is 1. The van der Waals surface area contributed by atoms with Gasteiger partial charge >= 0.3 is 5.97 Å². The number of carbonyl (C=O) groups excluding carboxylic acids is 3. The number of halogens is 1. The summed E-state index contributed by atoms with van der Waals surface area (Å²) in [6, 6.07) is 12.5. The first kappa shape index (κ1) is 34.9. The molecule has 0 saturated heterocycles. The molecule has 238 valence electrons. The Morgan fingerprint density at radius 1 is 0.932 bits per heavy atom. The number of amides is 1. The van der Waals surface area contributed by atoms with Gasteiger partial charge in [-0.25, -0.2) is 0 Å². The first-order valence-corrected chi connectivity index (χ1v) is 16.5. The van der Waals surface area contributed by atoms with E-state index in [-0.39, 0.29) is 49.0 Å². The zero-order chi connectivity index (χ0) is 32.0. The van der Waals surface area contributed by atoms with Crippen LogP contribution in [0, 0.1) is 0 Å². The molecule has 0 radical (unpaired) electrons. The second-order valence-electron chi connectivity index (χ2n) is 10.5. The Morgan fingerprint density at radius 3 is 2.36 bits per heavy atom. The average molecular weight is 648 g/mol. The first-order chi connectivity index (χ1) is 21.0. The van der Waals surface area contributed by atoms with Crippen LogP contribution >= 0.6 is 11.6 Å². The Morgan fingerprint density at radius 2 is 1.64 bits per heavy atom. The molecule has 11 nitrogen and oxygen atoms in total. The number of nitrogens with one attached hydrogen (secondary N) is 3. The van der Waals surface area contributed by atoms with Gasteiger partial charge in [-0.2, -0.15) is 8.42 Å². The van der Waals surface area contributed by atoms with Crippen molar-refractivity contribution in [3.63, 3.8) is 0 Å². The quantitative estimate of drug-likeness (QED) is 0.0853. The summed E-state index contributed by atoms with van der Waals surface area (Å²) in [4.78, 5) is 52.6. The van der Waals surface area contributed by atoms with Gasteiger partial charge < -0.3 is 20.4 Å². The van der Waals surface area contributed by atoms with E-state index in [4.69, 9.17) is 20.9 Å². The zero-order valence-electron chi connectivity index (χ0n) is 24.4. The van der Waals surface area contributed by atoms with Gasteiger partial charge in [0.25, 0.3) is 16.0 Å².